The third-order valence-corrected chi connectivity index (χ3v) is 22.0. The van der Waals surface area contributed by atoms with Gasteiger partial charge in [0.15, 0.2) is 44.7 Å². The third-order valence-electron chi connectivity index (χ3n) is 22.0. The highest BCUT2D eigenvalue weighted by Crippen LogP contribution is 2.32. The summed E-state index contributed by atoms with van der Waals surface area (Å²) in [5.41, 5.74) is 1.21. The van der Waals surface area contributed by atoms with Crippen molar-refractivity contribution < 1.29 is 130 Å². The number of carboxylic acid groups (broad SMARTS) is 4. The van der Waals surface area contributed by atoms with Crippen LogP contribution in [0.1, 0.15) is 152 Å². The molecule has 0 aliphatic carbocycles. The quantitative estimate of drug-likeness (QED) is 0.0165. The van der Waals surface area contributed by atoms with Crippen molar-refractivity contribution in [1.29, 1.82) is 0 Å². The van der Waals surface area contributed by atoms with Gasteiger partial charge in [0.2, 0.25) is 47.6 Å². The summed E-state index contributed by atoms with van der Waals surface area (Å²) < 4.78 is 160. The zero-order valence-electron chi connectivity index (χ0n) is 81.8. The lowest BCUT2D eigenvalue weighted by Crippen LogP contribution is -2.43. The van der Waals surface area contributed by atoms with Crippen molar-refractivity contribution in [2.75, 3.05) is 127 Å². The van der Waals surface area contributed by atoms with Crippen LogP contribution in [0.15, 0.2) is 19.2 Å². The van der Waals surface area contributed by atoms with Crippen LogP contribution in [0.3, 0.4) is 0 Å². The number of carbonyl (C=O) groups is 8. The van der Waals surface area contributed by atoms with E-state index in [2.05, 4.69) is 113 Å². The molecule has 56 heteroatoms. The van der Waals surface area contributed by atoms with Gasteiger partial charge in [-0.05, 0) is 152 Å². The average molecular weight is 2060 g/mol. The number of carboxylic acids is 4. The van der Waals surface area contributed by atoms with E-state index in [-0.39, 0.29) is 52.7 Å². The molecule has 790 valence electrons. The number of rotatable bonds is 20. The molecule has 0 spiro atoms. The van der Waals surface area contributed by atoms with E-state index in [1.807, 2.05) is 23.2 Å². The van der Waals surface area contributed by atoms with E-state index in [0.29, 0.717) is 89.7 Å². The van der Waals surface area contributed by atoms with E-state index in [0.717, 1.165) is 134 Å². The first kappa shape index (κ1) is 118. The molecule has 0 bridgehead atoms. The van der Waals surface area contributed by atoms with Gasteiger partial charge in [-0.2, -0.15) is 92.6 Å². The fourth-order valence-electron chi connectivity index (χ4n) is 14.7. The molecular weight excluding hydrogens is 1940 g/mol. The lowest BCUT2D eigenvalue weighted by atomic mass is 10.1. The van der Waals surface area contributed by atoms with Crippen LogP contribution in [0.5, 0.6) is 0 Å². The Kier molecular flexibility index (Phi) is 43.0. The van der Waals surface area contributed by atoms with Crippen molar-refractivity contribution in [3.63, 3.8) is 0 Å². The second-order valence-corrected chi connectivity index (χ2v) is 32.6. The Bertz CT molecular complexity index is 6320. The van der Waals surface area contributed by atoms with Gasteiger partial charge in [-0.15, -0.1) is 23.7 Å². The average Bonchev–Trinajstić information content (AvgIpc) is 1.59. The van der Waals surface area contributed by atoms with Crippen molar-refractivity contribution in [3.05, 3.63) is 41.4 Å². The molecule has 3 atom stereocenters. The van der Waals surface area contributed by atoms with Crippen LogP contribution >= 0.6 is 0 Å². The Hall–Kier alpha value is -15.0. The molecule has 8 aromatic heterocycles. The summed E-state index contributed by atoms with van der Waals surface area (Å²) in [5, 5.41) is 37.4. The number of alkyl halides is 12. The number of nitrogens with one attached hydrogen (secondary N) is 3. The smallest absolute Gasteiger partial charge is 0.475 e. The van der Waals surface area contributed by atoms with Gasteiger partial charge in [0.05, 0.1) is 54.1 Å². The predicted molar refractivity (Wildman–Crippen MR) is 501 cm³/mol. The number of hydrogen-bond donors (Lipinski definition) is 7. The fourth-order valence-corrected chi connectivity index (χ4v) is 14.7. The number of esters is 4. The van der Waals surface area contributed by atoms with Gasteiger partial charge in [-0.25, -0.2) is 38.4 Å². The summed E-state index contributed by atoms with van der Waals surface area (Å²) in [6, 6.07) is -1.71. The molecule has 8 aromatic rings. The first-order chi connectivity index (χ1) is 67.6. The van der Waals surface area contributed by atoms with Gasteiger partial charge in [0, 0.05) is 87.1 Å². The van der Waals surface area contributed by atoms with Crippen molar-refractivity contribution in [1.82, 2.24) is 76.4 Å². The molecule has 5 saturated heterocycles. The number of methoxy groups -OCH3 is 3. The number of fused-ring (bicyclic) bond motifs is 4. The van der Waals surface area contributed by atoms with Crippen molar-refractivity contribution >= 4 is 140 Å². The summed E-state index contributed by atoms with van der Waals surface area (Å²) in [5.74, 6) is 15.3. The van der Waals surface area contributed by atoms with Gasteiger partial charge >= 0.3 is 72.5 Å². The van der Waals surface area contributed by atoms with Crippen LogP contribution < -0.4 is 62.7 Å². The minimum absolute atomic E-state index is 0.181. The van der Waals surface area contributed by atoms with E-state index in [4.69, 9.17) is 68.5 Å². The number of imidazole rings is 4. The number of carbonyl (C=O) groups excluding carboxylic acids is 4. The van der Waals surface area contributed by atoms with E-state index in [9.17, 15) is 91.0 Å². The molecule has 44 nitrogen and oxygen atoms in total. The largest absolute Gasteiger partial charge is 0.490 e. The number of hydrogen-bond acceptors (Lipinski definition) is 32. The molecule has 0 amide bonds. The van der Waals surface area contributed by atoms with Crippen molar-refractivity contribution in [3.8, 4) is 47.4 Å². The van der Waals surface area contributed by atoms with Gasteiger partial charge in [-0.3, -0.25) is 55.7 Å². The molecule has 13 rings (SSSR count). The molecule has 0 saturated carbocycles. The Morgan fingerprint density at radius 2 is 0.646 bits per heavy atom. The normalized spacial score (nSPS) is 15.0. The second-order valence-electron chi connectivity index (χ2n) is 32.6. The van der Waals surface area contributed by atoms with Crippen LogP contribution in [0, 0.1) is 47.4 Å². The van der Waals surface area contributed by atoms with E-state index < -0.39 is 90.2 Å². The zero-order valence-corrected chi connectivity index (χ0v) is 81.8. The lowest BCUT2D eigenvalue weighted by Gasteiger charge is -2.27. The predicted octanol–water partition coefficient (Wildman–Crippen LogP) is 7.95. The monoisotopic (exact) mass is 2050 g/mol. The van der Waals surface area contributed by atoms with Crippen LogP contribution in [0.25, 0.3) is 44.7 Å². The number of halogens is 12. The van der Waals surface area contributed by atoms with Gasteiger partial charge in [0.25, 0.3) is 22.2 Å². The van der Waals surface area contributed by atoms with Crippen LogP contribution in [0.4, 0.5) is 100 Å². The zero-order chi connectivity index (χ0) is 108. The summed E-state index contributed by atoms with van der Waals surface area (Å²) in [6.45, 7) is 25.2. The number of nitrogens with zero attached hydrogens (tertiary/aromatic N) is 21. The molecule has 0 aromatic carbocycles. The summed E-state index contributed by atoms with van der Waals surface area (Å²) in [4.78, 5) is 184. The summed E-state index contributed by atoms with van der Waals surface area (Å²) in [7, 11) is 10.6. The maximum atomic E-state index is 13.4. The third kappa shape index (κ3) is 31.0. The number of aliphatic carboxylic acids is 4. The van der Waals surface area contributed by atoms with E-state index in [1.54, 1.807) is 90.5 Å². The molecular formula is C88H114F12N24O20. The van der Waals surface area contributed by atoms with Gasteiger partial charge in [-0.1, -0.05) is 23.7 Å². The van der Waals surface area contributed by atoms with E-state index >= 15 is 0 Å². The molecule has 7 N–H and O–H groups in total. The lowest BCUT2D eigenvalue weighted by molar-refractivity contribution is -0.193. The summed E-state index contributed by atoms with van der Waals surface area (Å²) >= 11 is 0. The van der Waals surface area contributed by atoms with Crippen LogP contribution in [0.2, 0.25) is 0 Å². The molecule has 0 radical (unpaired) electrons. The van der Waals surface area contributed by atoms with Crippen molar-refractivity contribution in [2.45, 2.75) is 227 Å². The number of anilines is 8. The number of aromatic nitrogens is 16. The van der Waals surface area contributed by atoms with Gasteiger partial charge < -0.3 is 79.8 Å². The van der Waals surface area contributed by atoms with Crippen LogP contribution in [-0.2, 0) is 112 Å². The van der Waals surface area contributed by atoms with Crippen LogP contribution in [-0.4, -0.2) is 280 Å². The first-order valence-electron chi connectivity index (χ1n) is 44.8. The SMILES string of the molecule is CC#CCn1c(N2CCCCC2)nc2nc(N3CCC[C@@H]3C(=O)OC)n(C)c(=O)c21.CC#CCn1c(N2CCCCC2)nc2nc(NC(C)(C)C(=O)OC)n(C)c(=O)c21.CC#CCn1c(N2CCCCC2)nc2nc(NC(C)C(=O)OC)n(C)c(=O)c21.CC#CCn1c(N2CCCCC2)nc2nc(N[C@H](C)C(=O)OCC)n(C)c(=O)c21.O=C(O)C(F)(F)F.O=C(O)C(F)(F)F.O=C(O)C(F)(F)F.O=C(O)C(F)(F)F. The maximum Gasteiger partial charge on any atom is 0.490 e. The Balaban J connectivity index is 0.000000269. The molecule has 5 aliphatic heterocycles. The standard InChI is InChI=1S/C21H28N6O3.2C20H28N6O3.C19H26N6O3.4C2HF3O2/c1-4-5-13-27-16-17(23-21(27)25-11-7-6-8-12-25)22-20(24(2)18(16)28)26-14-9-10-15(26)19(29)30-3;1-6-7-13-26-14-15(22-19(26)25-11-9-8-10-12-25)21-18(24(4)16(14)27)23-20(2,3)17(28)29-5;1-5-7-13-26-15-16(23-20(26)25-11-9-8-10-12-25)22-19(24(4)17(15)27)21-14(3)18(28)29-6-2;1-5-6-12-25-14-15(22-19(25)24-10-8-7-9-11-24)21-18(23(3)16(14)26)20-13(2)17(27)28-4;4*3-2(4,5)1(6)7/h15H,6-14H2,1-3H3;8-13H2,1-5H3,(H,21,23);14H,6,8-13H2,1-4H3,(H,21,22);13H,7-12H2,1-4H3,(H,20,21);4*(H,6,7)/t15-;;14-;;;;;/m1.1...../s1. The maximum absolute atomic E-state index is 13.4. The fraction of sp³-hybridized carbons (Fsp3) is 0.591. The minimum Gasteiger partial charge on any atom is -0.475 e. The highest BCUT2D eigenvalue weighted by atomic mass is 19.4. The van der Waals surface area contributed by atoms with Gasteiger partial charge in [0.1, 0.15) is 23.7 Å². The van der Waals surface area contributed by atoms with Crippen molar-refractivity contribution in [2.24, 2.45) is 28.2 Å². The molecule has 5 aliphatic rings. The molecule has 1 unspecified atom stereocenters. The highest BCUT2D eigenvalue weighted by molar-refractivity contribution is 5.86. The molecule has 144 heavy (non-hydrogen) atoms. The topological polar surface area (TPSA) is 518 Å². The number of ether oxygens (including phenoxy) is 4. The highest BCUT2D eigenvalue weighted by Gasteiger charge is 2.42. The molecule has 13 heterocycles. The number of piperidine rings is 4. The first-order valence-corrected chi connectivity index (χ1v) is 44.8. The minimum atomic E-state index is -5.08. The second kappa shape index (κ2) is 52.6. The molecule has 5 fully saturated rings. The summed E-state index contributed by atoms with van der Waals surface area (Å²) in [6.07, 6.45) is -5.24. The van der Waals surface area contributed by atoms with E-state index in [1.165, 1.54) is 65.3 Å². The Morgan fingerprint density at radius 1 is 0.382 bits per heavy atom. The Morgan fingerprint density at radius 3 is 0.910 bits per heavy atom. The Labute approximate surface area is 814 Å².